The van der Waals surface area contributed by atoms with Crippen LogP contribution >= 0.6 is 0 Å². The molecule has 0 fully saturated rings. The van der Waals surface area contributed by atoms with Gasteiger partial charge in [0.1, 0.15) is 13.2 Å². The van der Waals surface area contributed by atoms with Gasteiger partial charge in [0.15, 0.2) is 6.10 Å². The Bertz CT molecular complexity index is 1350. The quantitative estimate of drug-likeness (QED) is 0.0261. The van der Waals surface area contributed by atoms with Gasteiger partial charge in [0.05, 0.1) is 0 Å². The normalized spacial score (nSPS) is 12.7. The molecule has 1 atom stereocenters. The van der Waals surface area contributed by atoms with E-state index in [4.69, 9.17) is 14.2 Å². The SMILES string of the molecule is CCCC/C=C\C/C=C\CCCCCCCC(=O)OC[C@H](COC(=O)CCCCCCCC/C=C\C/C=C\C/C=C\CCCCC)OC(=O)CCCCCCCCCCC/C=C\C/C=C\CCCCC. The van der Waals surface area contributed by atoms with Crippen molar-refractivity contribution in [2.45, 2.75) is 290 Å². The fourth-order valence-electron chi connectivity index (χ4n) is 8.08. The molecule has 0 aliphatic heterocycles. The number of carbonyl (C=O) groups excluding carboxylic acids is 3. The molecule has 0 aliphatic carbocycles. The second-order valence-electron chi connectivity index (χ2n) is 19.5. The van der Waals surface area contributed by atoms with Crippen LogP contribution < -0.4 is 0 Å². The van der Waals surface area contributed by atoms with Gasteiger partial charge in [-0.25, -0.2) is 0 Å². The van der Waals surface area contributed by atoms with E-state index in [-0.39, 0.29) is 31.1 Å². The van der Waals surface area contributed by atoms with Gasteiger partial charge in [0.25, 0.3) is 0 Å². The van der Waals surface area contributed by atoms with Crippen LogP contribution in [0.3, 0.4) is 0 Å². The van der Waals surface area contributed by atoms with Crippen molar-refractivity contribution in [3.8, 4) is 0 Å². The van der Waals surface area contributed by atoms with Gasteiger partial charge in [0.2, 0.25) is 0 Å². The van der Waals surface area contributed by atoms with Gasteiger partial charge in [-0.15, -0.1) is 0 Å². The summed E-state index contributed by atoms with van der Waals surface area (Å²) in [5.41, 5.74) is 0. The fraction of sp³-hybridized carbons (Fsp3) is 0.734. The first kappa shape index (κ1) is 66.6. The van der Waals surface area contributed by atoms with Gasteiger partial charge < -0.3 is 14.2 Å². The number of esters is 3. The third-order valence-electron chi connectivity index (χ3n) is 12.6. The van der Waals surface area contributed by atoms with Crippen molar-refractivity contribution in [3.05, 3.63) is 85.1 Å². The van der Waals surface area contributed by atoms with E-state index < -0.39 is 6.10 Å². The molecule has 0 rings (SSSR count). The van der Waals surface area contributed by atoms with Crippen LogP contribution in [0.2, 0.25) is 0 Å². The van der Waals surface area contributed by atoms with Gasteiger partial charge in [-0.1, -0.05) is 234 Å². The summed E-state index contributed by atoms with van der Waals surface area (Å²) < 4.78 is 16.9. The largest absolute Gasteiger partial charge is 0.462 e. The lowest BCUT2D eigenvalue weighted by Crippen LogP contribution is -2.30. The summed E-state index contributed by atoms with van der Waals surface area (Å²) in [5, 5.41) is 0. The van der Waals surface area contributed by atoms with Gasteiger partial charge in [0, 0.05) is 19.3 Å². The van der Waals surface area contributed by atoms with E-state index in [1.807, 2.05) is 0 Å². The smallest absolute Gasteiger partial charge is 0.306 e. The molecule has 0 unspecified atom stereocenters. The summed E-state index contributed by atoms with van der Waals surface area (Å²) in [5.74, 6) is -0.912. The molecule has 0 saturated heterocycles. The van der Waals surface area contributed by atoms with E-state index in [1.165, 1.54) is 135 Å². The monoisotopic (exact) mass is 975 g/mol. The standard InChI is InChI=1S/C64H110O6/c1-4-7-10-13-16-19-22-25-28-30-32-34-36-39-42-45-48-51-54-57-63(66)69-60-61(59-68-62(65)56-53-50-47-44-41-38-27-24-21-18-15-12-9-6-3)70-64(67)58-55-52-49-46-43-40-37-35-33-31-29-26-23-20-17-14-11-8-5-2/h15-20,24-29,32,34,61H,4-14,21-23,30-31,33,35-60H2,1-3H3/b18-15-,19-16-,20-17-,27-24-,28-25-,29-26-,34-32-/t61-/m1/s1. The summed E-state index contributed by atoms with van der Waals surface area (Å²) in [4.78, 5) is 38.2. The number of carbonyl (C=O) groups is 3. The first-order chi connectivity index (χ1) is 34.5. The molecular formula is C64H110O6. The van der Waals surface area contributed by atoms with Crippen molar-refractivity contribution in [3.63, 3.8) is 0 Å². The van der Waals surface area contributed by atoms with Gasteiger partial charge in [-0.2, -0.15) is 0 Å². The van der Waals surface area contributed by atoms with Crippen LogP contribution in [-0.2, 0) is 28.6 Å². The lowest BCUT2D eigenvalue weighted by atomic mass is 10.1. The molecule has 70 heavy (non-hydrogen) atoms. The number of ether oxygens (including phenoxy) is 3. The molecule has 0 spiro atoms. The molecule has 6 nitrogen and oxygen atoms in total. The summed E-state index contributed by atoms with van der Waals surface area (Å²) in [7, 11) is 0. The highest BCUT2D eigenvalue weighted by Crippen LogP contribution is 2.15. The van der Waals surface area contributed by atoms with Crippen LogP contribution in [-0.4, -0.2) is 37.2 Å². The van der Waals surface area contributed by atoms with Gasteiger partial charge in [-0.05, 0) is 116 Å². The van der Waals surface area contributed by atoms with Crippen molar-refractivity contribution in [1.29, 1.82) is 0 Å². The van der Waals surface area contributed by atoms with Crippen molar-refractivity contribution in [2.24, 2.45) is 0 Å². The highest BCUT2D eigenvalue weighted by Gasteiger charge is 2.19. The highest BCUT2D eigenvalue weighted by atomic mass is 16.6. The topological polar surface area (TPSA) is 78.9 Å². The van der Waals surface area contributed by atoms with Crippen LogP contribution in [0.1, 0.15) is 284 Å². The summed E-state index contributed by atoms with van der Waals surface area (Å²) >= 11 is 0. The number of hydrogen-bond acceptors (Lipinski definition) is 6. The highest BCUT2D eigenvalue weighted by molar-refractivity contribution is 5.71. The van der Waals surface area contributed by atoms with E-state index in [1.54, 1.807) is 0 Å². The molecule has 0 amide bonds. The molecule has 0 aromatic carbocycles. The average molecular weight is 976 g/mol. The van der Waals surface area contributed by atoms with E-state index in [9.17, 15) is 14.4 Å². The molecule has 6 heteroatoms. The van der Waals surface area contributed by atoms with Crippen LogP contribution in [0.5, 0.6) is 0 Å². The second kappa shape index (κ2) is 58.2. The first-order valence-electron chi connectivity index (χ1n) is 29.6. The first-order valence-corrected chi connectivity index (χ1v) is 29.6. The number of hydrogen-bond donors (Lipinski definition) is 0. The molecule has 0 heterocycles. The Labute approximate surface area is 433 Å². The number of unbranched alkanes of at least 4 members (excludes halogenated alkanes) is 28. The third kappa shape index (κ3) is 55.5. The van der Waals surface area contributed by atoms with Gasteiger partial charge in [-0.3, -0.25) is 14.4 Å². The Kier molecular flexibility index (Phi) is 55.3. The van der Waals surface area contributed by atoms with E-state index in [0.29, 0.717) is 19.3 Å². The van der Waals surface area contributed by atoms with Crippen molar-refractivity contribution < 1.29 is 28.6 Å². The lowest BCUT2D eigenvalue weighted by molar-refractivity contribution is -0.167. The Morgan fingerprint density at radius 2 is 0.529 bits per heavy atom. The average Bonchev–Trinajstić information content (AvgIpc) is 3.36. The summed E-state index contributed by atoms with van der Waals surface area (Å²) in [6.07, 6.45) is 75.6. The van der Waals surface area contributed by atoms with Crippen molar-refractivity contribution in [2.75, 3.05) is 13.2 Å². The van der Waals surface area contributed by atoms with Crippen LogP contribution in [0, 0.1) is 0 Å². The summed E-state index contributed by atoms with van der Waals surface area (Å²) in [6, 6.07) is 0. The molecule has 0 bridgehead atoms. The zero-order valence-electron chi connectivity index (χ0n) is 46.0. The zero-order valence-corrected chi connectivity index (χ0v) is 46.0. The minimum absolute atomic E-state index is 0.0895. The minimum atomic E-state index is -0.791. The zero-order chi connectivity index (χ0) is 50.7. The molecular weight excluding hydrogens is 865 g/mol. The molecule has 0 aromatic heterocycles. The predicted molar refractivity (Wildman–Crippen MR) is 302 cm³/mol. The van der Waals surface area contributed by atoms with Gasteiger partial charge >= 0.3 is 17.9 Å². The maximum Gasteiger partial charge on any atom is 0.306 e. The van der Waals surface area contributed by atoms with Crippen LogP contribution in [0.25, 0.3) is 0 Å². The maximum atomic E-state index is 12.9. The third-order valence-corrected chi connectivity index (χ3v) is 12.6. The molecule has 0 N–H and O–H groups in total. The van der Waals surface area contributed by atoms with Crippen LogP contribution in [0.4, 0.5) is 0 Å². The number of rotatable bonds is 53. The van der Waals surface area contributed by atoms with Crippen molar-refractivity contribution >= 4 is 17.9 Å². The predicted octanol–water partition coefficient (Wildman–Crippen LogP) is 19.9. The van der Waals surface area contributed by atoms with E-state index in [0.717, 1.165) is 109 Å². The molecule has 0 radical (unpaired) electrons. The van der Waals surface area contributed by atoms with E-state index in [2.05, 4.69) is 106 Å². The lowest BCUT2D eigenvalue weighted by Gasteiger charge is -2.18. The number of allylic oxidation sites excluding steroid dienone is 14. The second-order valence-corrected chi connectivity index (χ2v) is 19.5. The maximum absolute atomic E-state index is 12.9. The molecule has 0 aromatic rings. The van der Waals surface area contributed by atoms with Crippen molar-refractivity contribution in [1.82, 2.24) is 0 Å². The Balaban J connectivity index is 4.42. The Morgan fingerprint density at radius 3 is 0.843 bits per heavy atom. The molecule has 0 aliphatic rings. The Morgan fingerprint density at radius 1 is 0.286 bits per heavy atom. The Hall–Kier alpha value is -3.41. The van der Waals surface area contributed by atoms with E-state index >= 15 is 0 Å². The molecule has 402 valence electrons. The minimum Gasteiger partial charge on any atom is -0.462 e. The molecule has 0 saturated carbocycles. The fourth-order valence-corrected chi connectivity index (χ4v) is 8.08. The summed E-state index contributed by atoms with van der Waals surface area (Å²) in [6.45, 7) is 6.54. The van der Waals surface area contributed by atoms with Crippen LogP contribution in [0.15, 0.2) is 85.1 Å².